The van der Waals surface area contributed by atoms with Crippen LogP contribution in [0.1, 0.15) is 48.6 Å². The Balaban J connectivity index is 1.31. The molecule has 1 atom stereocenters. The van der Waals surface area contributed by atoms with E-state index in [1.54, 1.807) is 0 Å². The Morgan fingerprint density at radius 2 is 1.97 bits per heavy atom. The lowest BCUT2D eigenvalue weighted by molar-refractivity contribution is -0.121. The van der Waals surface area contributed by atoms with Gasteiger partial charge in [0, 0.05) is 50.4 Å². The van der Waals surface area contributed by atoms with Crippen molar-refractivity contribution in [3.63, 3.8) is 0 Å². The minimum absolute atomic E-state index is 0.0579. The number of nitrogens with zero attached hydrogens (tertiary/aromatic N) is 3. The number of benzene rings is 1. The van der Waals surface area contributed by atoms with Gasteiger partial charge in [0.15, 0.2) is 0 Å². The number of nitrogens with one attached hydrogen (secondary N) is 2. The zero-order valence-electron chi connectivity index (χ0n) is 20.4. The molecular formula is C26H37N5O3. The van der Waals surface area contributed by atoms with Gasteiger partial charge >= 0.3 is 0 Å². The number of hydrogen-bond acceptors (Lipinski definition) is 6. The van der Waals surface area contributed by atoms with Crippen molar-refractivity contribution in [3.05, 3.63) is 57.0 Å². The number of amides is 1. The molecule has 2 aliphatic heterocycles. The number of rotatable bonds is 8. The Hall–Kier alpha value is -2.71. The van der Waals surface area contributed by atoms with Crippen LogP contribution in [0.15, 0.2) is 29.1 Å². The fourth-order valence-corrected chi connectivity index (χ4v) is 4.89. The van der Waals surface area contributed by atoms with Crippen LogP contribution in [0.4, 0.5) is 5.95 Å². The predicted molar refractivity (Wildman–Crippen MR) is 133 cm³/mol. The number of likely N-dealkylation sites (tertiary alicyclic amines) is 1. The van der Waals surface area contributed by atoms with Crippen molar-refractivity contribution < 1.29 is 9.53 Å². The molecule has 2 aromatic rings. The monoisotopic (exact) mass is 467 g/mol. The maximum absolute atomic E-state index is 12.7. The fraction of sp³-hybridized carbons (Fsp3) is 0.577. The molecule has 2 N–H and O–H groups in total. The van der Waals surface area contributed by atoms with Crippen molar-refractivity contribution in [2.75, 3.05) is 44.3 Å². The number of morpholine rings is 1. The lowest BCUT2D eigenvalue weighted by Crippen LogP contribution is -2.38. The topological polar surface area (TPSA) is 90.6 Å². The van der Waals surface area contributed by atoms with Gasteiger partial charge in [0.25, 0.3) is 5.56 Å². The Labute approximate surface area is 201 Å². The standard InChI is InChI=1S/C26H37N5O3/c1-19-6-5-11-30(17-19)18-22-8-4-3-7-21(22)16-27-24(32)10-9-23-20(2)28-26(29-25(23)33)31-12-14-34-15-13-31/h3-4,7-8,19H,5-6,9-18H2,1-2H3,(H,27,32)(H,28,29,33). The van der Waals surface area contributed by atoms with E-state index < -0.39 is 0 Å². The van der Waals surface area contributed by atoms with Gasteiger partial charge in [0.2, 0.25) is 11.9 Å². The average molecular weight is 468 g/mol. The number of aryl methyl sites for hydroxylation is 1. The summed E-state index contributed by atoms with van der Waals surface area (Å²) in [5.74, 6) is 1.26. The van der Waals surface area contributed by atoms with Crippen molar-refractivity contribution in [2.45, 2.75) is 52.6 Å². The maximum atomic E-state index is 12.7. The van der Waals surface area contributed by atoms with Crippen LogP contribution in [0, 0.1) is 12.8 Å². The largest absolute Gasteiger partial charge is 0.378 e. The number of anilines is 1. The third kappa shape index (κ3) is 6.45. The fourth-order valence-electron chi connectivity index (χ4n) is 4.89. The molecule has 8 heteroatoms. The molecule has 0 aliphatic carbocycles. The van der Waals surface area contributed by atoms with E-state index in [0.717, 1.165) is 31.1 Å². The maximum Gasteiger partial charge on any atom is 0.255 e. The predicted octanol–water partition coefficient (Wildman–Crippen LogP) is 2.40. The number of piperidine rings is 1. The van der Waals surface area contributed by atoms with Gasteiger partial charge < -0.3 is 15.0 Å². The molecular weight excluding hydrogens is 430 g/mol. The number of carbonyl (C=O) groups excluding carboxylic acids is 1. The molecule has 1 aromatic carbocycles. The van der Waals surface area contributed by atoms with E-state index in [1.165, 1.54) is 18.4 Å². The second-order valence-corrected chi connectivity index (χ2v) is 9.58. The van der Waals surface area contributed by atoms with Crippen LogP contribution < -0.4 is 15.8 Å². The minimum atomic E-state index is -0.164. The van der Waals surface area contributed by atoms with E-state index in [-0.39, 0.29) is 17.9 Å². The van der Waals surface area contributed by atoms with E-state index in [2.05, 4.69) is 45.3 Å². The molecule has 0 bridgehead atoms. The van der Waals surface area contributed by atoms with Gasteiger partial charge in [-0.15, -0.1) is 0 Å². The van der Waals surface area contributed by atoms with E-state index in [0.29, 0.717) is 56.5 Å². The van der Waals surface area contributed by atoms with Gasteiger partial charge in [-0.3, -0.25) is 19.5 Å². The highest BCUT2D eigenvalue weighted by Gasteiger charge is 2.18. The number of H-pyrrole nitrogens is 1. The molecule has 0 saturated carbocycles. The Morgan fingerprint density at radius 3 is 2.71 bits per heavy atom. The number of hydrogen-bond donors (Lipinski definition) is 2. The quantitative estimate of drug-likeness (QED) is 0.620. The molecule has 3 heterocycles. The molecule has 1 amide bonds. The molecule has 0 spiro atoms. The Kier molecular flexibility index (Phi) is 8.34. The van der Waals surface area contributed by atoms with Crippen molar-refractivity contribution in [2.24, 2.45) is 5.92 Å². The SMILES string of the molecule is Cc1nc(N2CCOCC2)[nH]c(=O)c1CCC(=O)NCc1ccccc1CN1CCCC(C)C1. The highest BCUT2D eigenvalue weighted by atomic mass is 16.5. The van der Waals surface area contributed by atoms with Gasteiger partial charge in [0.1, 0.15) is 0 Å². The molecule has 8 nitrogen and oxygen atoms in total. The first-order valence-corrected chi connectivity index (χ1v) is 12.5. The second-order valence-electron chi connectivity index (χ2n) is 9.58. The third-order valence-electron chi connectivity index (χ3n) is 6.85. The number of carbonyl (C=O) groups is 1. The normalized spacial score (nSPS) is 19.2. The molecule has 4 rings (SSSR count). The summed E-state index contributed by atoms with van der Waals surface area (Å²) in [6.45, 7) is 10.5. The summed E-state index contributed by atoms with van der Waals surface area (Å²) in [5, 5.41) is 3.05. The zero-order valence-corrected chi connectivity index (χ0v) is 20.4. The summed E-state index contributed by atoms with van der Waals surface area (Å²) in [6.07, 6.45) is 3.19. The second kappa shape index (κ2) is 11.6. The van der Waals surface area contributed by atoms with Crippen LogP contribution in [0.3, 0.4) is 0 Å². The third-order valence-corrected chi connectivity index (χ3v) is 6.85. The van der Waals surface area contributed by atoms with Crippen molar-refractivity contribution in [1.82, 2.24) is 20.2 Å². The van der Waals surface area contributed by atoms with Crippen LogP contribution in [-0.2, 0) is 29.0 Å². The van der Waals surface area contributed by atoms with Crippen molar-refractivity contribution in [1.29, 1.82) is 0 Å². The lowest BCUT2D eigenvalue weighted by atomic mass is 9.99. The summed E-state index contributed by atoms with van der Waals surface area (Å²) < 4.78 is 5.37. The van der Waals surface area contributed by atoms with Crippen molar-refractivity contribution >= 4 is 11.9 Å². The first kappa shape index (κ1) is 24.4. The van der Waals surface area contributed by atoms with Gasteiger partial charge in [-0.05, 0) is 49.8 Å². The van der Waals surface area contributed by atoms with Crippen LogP contribution in [0.2, 0.25) is 0 Å². The van der Waals surface area contributed by atoms with Gasteiger partial charge in [0.05, 0.1) is 13.2 Å². The van der Waals surface area contributed by atoms with E-state index >= 15 is 0 Å². The zero-order chi connectivity index (χ0) is 23.9. The minimum Gasteiger partial charge on any atom is -0.378 e. The van der Waals surface area contributed by atoms with Crippen LogP contribution >= 0.6 is 0 Å². The summed E-state index contributed by atoms with van der Waals surface area (Å²) in [6, 6.07) is 8.34. The molecule has 2 fully saturated rings. The first-order valence-electron chi connectivity index (χ1n) is 12.5. The highest BCUT2D eigenvalue weighted by Crippen LogP contribution is 2.19. The smallest absolute Gasteiger partial charge is 0.255 e. The van der Waals surface area contributed by atoms with Gasteiger partial charge in [-0.1, -0.05) is 31.2 Å². The molecule has 184 valence electrons. The number of ether oxygens (including phenoxy) is 1. The average Bonchev–Trinajstić information content (AvgIpc) is 2.83. The molecule has 34 heavy (non-hydrogen) atoms. The van der Waals surface area contributed by atoms with E-state index in [9.17, 15) is 9.59 Å². The summed E-state index contributed by atoms with van der Waals surface area (Å²) in [4.78, 5) is 37.3. The van der Waals surface area contributed by atoms with Crippen LogP contribution in [0.25, 0.3) is 0 Å². The Morgan fingerprint density at radius 1 is 1.21 bits per heavy atom. The number of aromatic nitrogens is 2. The van der Waals surface area contributed by atoms with Gasteiger partial charge in [-0.2, -0.15) is 0 Å². The highest BCUT2D eigenvalue weighted by molar-refractivity contribution is 5.76. The number of aromatic amines is 1. The molecule has 2 saturated heterocycles. The molecule has 1 unspecified atom stereocenters. The van der Waals surface area contributed by atoms with E-state index in [1.807, 2.05) is 17.9 Å². The van der Waals surface area contributed by atoms with Crippen LogP contribution in [0.5, 0.6) is 0 Å². The van der Waals surface area contributed by atoms with Gasteiger partial charge in [-0.25, -0.2) is 4.98 Å². The Bertz CT molecular complexity index is 1030. The molecule has 2 aliphatic rings. The van der Waals surface area contributed by atoms with E-state index in [4.69, 9.17) is 4.74 Å². The first-order chi connectivity index (χ1) is 16.5. The van der Waals surface area contributed by atoms with Crippen LogP contribution in [-0.4, -0.2) is 60.2 Å². The summed E-state index contributed by atoms with van der Waals surface area (Å²) >= 11 is 0. The lowest BCUT2D eigenvalue weighted by Gasteiger charge is -2.31. The molecule has 0 radical (unpaired) electrons. The molecule has 1 aromatic heterocycles. The summed E-state index contributed by atoms with van der Waals surface area (Å²) in [7, 11) is 0. The summed E-state index contributed by atoms with van der Waals surface area (Å²) in [5.41, 5.74) is 3.51. The van der Waals surface area contributed by atoms with Crippen molar-refractivity contribution in [3.8, 4) is 0 Å².